The van der Waals surface area contributed by atoms with Gasteiger partial charge < -0.3 is 14.9 Å². The number of carbonyl (C=O) groups is 1. The van der Waals surface area contributed by atoms with Crippen molar-refractivity contribution in [3.63, 3.8) is 0 Å². The van der Waals surface area contributed by atoms with Crippen LogP contribution in [-0.4, -0.2) is 36.0 Å². The van der Waals surface area contributed by atoms with E-state index in [1.807, 2.05) is 0 Å². The van der Waals surface area contributed by atoms with Crippen LogP contribution in [0.2, 0.25) is 0 Å². The van der Waals surface area contributed by atoms with Gasteiger partial charge in [0.1, 0.15) is 0 Å². The van der Waals surface area contributed by atoms with E-state index in [0.717, 1.165) is 0 Å². The van der Waals surface area contributed by atoms with E-state index in [1.54, 1.807) is 6.92 Å². The Bertz CT molecular complexity index is 164. The summed E-state index contributed by atoms with van der Waals surface area (Å²) in [7, 11) is 1.30. The van der Waals surface area contributed by atoms with E-state index in [2.05, 4.69) is 4.74 Å². The van der Waals surface area contributed by atoms with Crippen molar-refractivity contribution in [3.05, 3.63) is 12.2 Å². The summed E-state index contributed by atoms with van der Waals surface area (Å²) in [5, 5.41) is 17.3. The molecule has 0 bridgehead atoms. The summed E-state index contributed by atoms with van der Waals surface area (Å²) in [5.74, 6) is -0.757. The third-order valence-corrected chi connectivity index (χ3v) is 1.38. The van der Waals surface area contributed by atoms with Gasteiger partial charge in [0.2, 0.25) is 0 Å². The Balaban J connectivity index is 3.90. The van der Waals surface area contributed by atoms with Gasteiger partial charge in [-0.15, -0.1) is 0 Å². The summed E-state index contributed by atoms with van der Waals surface area (Å²) in [6.07, 6.45) is 1.95. The van der Waals surface area contributed by atoms with Crippen LogP contribution >= 0.6 is 0 Å². The number of aliphatic hydroxyl groups is 2. The molecular weight excluding hydrogens is 160 g/mol. The smallest absolute Gasteiger partial charge is 0.312 e. The molecule has 0 fully saturated rings. The van der Waals surface area contributed by atoms with Crippen LogP contribution in [0.5, 0.6) is 0 Å². The van der Waals surface area contributed by atoms with Crippen LogP contribution in [-0.2, 0) is 9.53 Å². The third kappa shape index (κ3) is 4.10. The van der Waals surface area contributed by atoms with E-state index in [-0.39, 0.29) is 12.6 Å². The zero-order chi connectivity index (χ0) is 9.56. The van der Waals surface area contributed by atoms with Gasteiger partial charge in [-0.2, -0.15) is 0 Å². The van der Waals surface area contributed by atoms with E-state index < -0.39 is 12.0 Å². The van der Waals surface area contributed by atoms with Crippen molar-refractivity contribution in [1.29, 1.82) is 0 Å². The molecule has 2 N–H and O–H groups in total. The fourth-order valence-corrected chi connectivity index (χ4v) is 0.620. The summed E-state index contributed by atoms with van der Waals surface area (Å²) in [6.45, 7) is 1.30. The summed E-state index contributed by atoms with van der Waals surface area (Å²) in [5.41, 5.74) is 0. The quantitative estimate of drug-likeness (QED) is 0.454. The number of rotatable bonds is 4. The minimum atomic E-state index is -0.905. The number of carbonyl (C=O) groups excluding carboxylic acids is 1. The minimum Gasteiger partial charge on any atom is -0.469 e. The van der Waals surface area contributed by atoms with Crippen LogP contribution in [0.3, 0.4) is 0 Å². The third-order valence-electron chi connectivity index (χ3n) is 1.38. The second kappa shape index (κ2) is 5.74. The Hall–Kier alpha value is -0.870. The van der Waals surface area contributed by atoms with E-state index in [1.165, 1.54) is 19.3 Å². The fraction of sp³-hybridized carbons (Fsp3) is 0.625. The second-order valence-electron chi connectivity index (χ2n) is 2.45. The molecule has 0 rings (SSSR count). The van der Waals surface area contributed by atoms with Crippen LogP contribution in [0.1, 0.15) is 6.92 Å². The second-order valence-corrected chi connectivity index (χ2v) is 2.45. The lowest BCUT2D eigenvalue weighted by atomic mass is 10.1. The Labute approximate surface area is 71.5 Å². The lowest BCUT2D eigenvalue weighted by Gasteiger charge is -2.04. The molecule has 0 aromatic heterocycles. The van der Waals surface area contributed by atoms with Crippen LogP contribution in [0.15, 0.2) is 12.2 Å². The van der Waals surface area contributed by atoms with Crippen molar-refractivity contribution in [1.82, 2.24) is 0 Å². The van der Waals surface area contributed by atoms with Crippen molar-refractivity contribution in [2.24, 2.45) is 5.92 Å². The average molecular weight is 174 g/mol. The molecule has 0 unspecified atom stereocenters. The number of esters is 1. The van der Waals surface area contributed by atoms with E-state index in [0.29, 0.717) is 0 Å². The van der Waals surface area contributed by atoms with Gasteiger partial charge in [-0.25, -0.2) is 0 Å². The molecule has 2 atom stereocenters. The van der Waals surface area contributed by atoms with Crippen LogP contribution in [0.4, 0.5) is 0 Å². The maximum atomic E-state index is 10.8. The first-order chi connectivity index (χ1) is 5.61. The van der Waals surface area contributed by atoms with E-state index in [4.69, 9.17) is 10.2 Å². The molecule has 0 saturated heterocycles. The number of aliphatic hydroxyl groups excluding tert-OH is 2. The van der Waals surface area contributed by atoms with Gasteiger partial charge in [-0.3, -0.25) is 4.79 Å². The van der Waals surface area contributed by atoms with Crippen molar-refractivity contribution in [2.75, 3.05) is 13.7 Å². The predicted octanol–water partition coefficient (Wildman–Crippen LogP) is -0.295. The van der Waals surface area contributed by atoms with Crippen molar-refractivity contribution < 1.29 is 19.7 Å². The standard InChI is InChI=1S/C8H14O4/c1-6(8(11)12-2)3-4-7(10)5-9/h3-4,6-7,9-10H,5H2,1-2H3/t6-,7+/m1/s1. The lowest BCUT2D eigenvalue weighted by Crippen LogP contribution is -2.12. The monoisotopic (exact) mass is 174 g/mol. The van der Waals surface area contributed by atoms with Crippen molar-refractivity contribution in [3.8, 4) is 0 Å². The molecule has 0 aromatic carbocycles. The molecule has 0 aliphatic heterocycles. The molecule has 0 aromatic rings. The average Bonchev–Trinajstić information content (AvgIpc) is 2.11. The molecule has 0 heterocycles. The Morgan fingerprint density at radius 3 is 2.58 bits per heavy atom. The van der Waals surface area contributed by atoms with Gasteiger partial charge in [0.25, 0.3) is 0 Å². The summed E-state index contributed by atoms with van der Waals surface area (Å²) in [6, 6.07) is 0. The largest absolute Gasteiger partial charge is 0.469 e. The summed E-state index contributed by atoms with van der Waals surface area (Å²) in [4.78, 5) is 10.8. The zero-order valence-electron chi connectivity index (χ0n) is 7.23. The number of hydrogen-bond donors (Lipinski definition) is 2. The number of hydrogen-bond acceptors (Lipinski definition) is 4. The molecule has 12 heavy (non-hydrogen) atoms. The predicted molar refractivity (Wildman–Crippen MR) is 43.4 cm³/mol. The topological polar surface area (TPSA) is 66.8 Å². The molecule has 0 amide bonds. The van der Waals surface area contributed by atoms with Gasteiger partial charge in [-0.1, -0.05) is 12.2 Å². The Kier molecular flexibility index (Phi) is 5.32. The zero-order valence-corrected chi connectivity index (χ0v) is 7.23. The first-order valence-electron chi connectivity index (χ1n) is 3.67. The van der Waals surface area contributed by atoms with Crippen LogP contribution < -0.4 is 0 Å². The molecule has 0 radical (unpaired) electrons. The highest BCUT2D eigenvalue weighted by Crippen LogP contribution is 2.00. The number of methoxy groups -OCH3 is 1. The van der Waals surface area contributed by atoms with Crippen LogP contribution in [0, 0.1) is 5.92 Å². The molecule has 70 valence electrons. The van der Waals surface area contributed by atoms with Crippen LogP contribution in [0.25, 0.3) is 0 Å². The number of ether oxygens (including phenoxy) is 1. The Morgan fingerprint density at radius 2 is 2.17 bits per heavy atom. The first kappa shape index (κ1) is 11.1. The van der Waals surface area contributed by atoms with Gasteiger partial charge in [-0.05, 0) is 6.92 Å². The molecular formula is C8H14O4. The molecule has 4 nitrogen and oxygen atoms in total. The van der Waals surface area contributed by atoms with Gasteiger partial charge in [0, 0.05) is 0 Å². The molecule has 0 aliphatic rings. The van der Waals surface area contributed by atoms with E-state index in [9.17, 15) is 4.79 Å². The summed E-state index contributed by atoms with van der Waals surface area (Å²) >= 11 is 0. The van der Waals surface area contributed by atoms with Gasteiger partial charge in [0.05, 0.1) is 25.7 Å². The van der Waals surface area contributed by atoms with Gasteiger partial charge >= 0.3 is 5.97 Å². The highest BCUT2D eigenvalue weighted by molar-refractivity contribution is 5.73. The SMILES string of the molecule is COC(=O)[C@H](C)C=C[C@H](O)CO. The summed E-state index contributed by atoms with van der Waals surface area (Å²) < 4.78 is 4.44. The Morgan fingerprint density at radius 1 is 1.58 bits per heavy atom. The van der Waals surface area contributed by atoms with Crippen molar-refractivity contribution in [2.45, 2.75) is 13.0 Å². The molecule has 0 spiro atoms. The van der Waals surface area contributed by atoms with E-state index >= 15 is 0 Å². The first-order valence-corrected chi connectivity index (χ1v) is 3.67. The highest BCUT2D eigenvalue weighted by Gasteiger charge is 2.08. The maximum absolute atomic E-state index is 10.8. The minimum absolute atomic E-state index is 0.343. The van der Waals surface area contributed by atoms with Gasteiger partial charge in [0.15, 0.2) is 0 Å². The molecule has 0 saturated carbocycles. The lowest BCUT2D eigenvalue weighted by molar-refractivity contribution is -0.143. The van der Waals surface area contributed by atoms with Crippen molar-refractivity contribution >= 4 is 5.97 Å². The normalized spacial score (nSPS) is 16.0. The maximum Gasteiger partial charge on any atom is 0.312 e. The highest BCUT2D eigenvalue weighted by atomic mass is 16.5. The molecule has 0 aliphatic carbocycles. The fourth-order valence-electron chi connectivity index (χ4n) is 0.620. The molecule has 4 heteroatoms.